The number of aliphatic hydroxyl groups excluding tert-OH is 1. The molecule has 5 nitrogen and oxygen atoms in total. The molecule has 0 bridgehead atoms. The van der Waals surface area contributed by atoms with Crippen molar-refractivity contribution in [2.24, 2.45) is 45.5 Å². The van der Waals surface area contributed by atoms with Gasteiger partial charge in [0.15, 0.2) is 0 Å². The Kier molecular flexibility index (Phi) is 5.87. The molecule has 6 rings (SSSR count). The summed E-state index contributed by atoms with van der Waals surface area (Å²) in [5.41, 5.74) is 2.88. The summed E-state index contributed by atoms with van der Waals surface area (Å²) in [6, 6.07) is 6.99. The first kappa shape index (κ1) is 24.0. The minimum Gasteiger partial charge on any atom is -0.393 e. The normalized spacial score (nSPS) is 44.1. The number of aliphatic hydroxyl groups is 1. The zero-order chi connectivity index (χ0) is 24.4. The molecule has 5 saturated carbocycles. The highest BCUT2D eigenvalue weighted by Crippen LogP contribution is 2.69. The smallest absolute Gasteiger partial charge is 0.276 e. The lowest BCUT2D eigenvalue weighted by atomic mass is 9.43. The highest BCUT2D eigenvalue weighted by molar-refractivity contribution is 7.89. The number of nitrogens with one attached hydrogen (secondary N) is 1. The fourth-order valence-corrected chi connectivity index (χ4v) is 10.7. The maximum Gasteiger partial charge on any atom is 0.276 e. The summed E-state index contributed by atoms with van der Waals surface area (Å²) in [6.45, 7) is 4.51. The van der Waals surface area contributed by atoms with Gasteiger partial charge in [0.2, 0.25) is 0 Å². The Morgan fingerprint density at radius 2 is 1.77 bits per heavy atom. The number of fused-ring (bicyclic) bond motifs is 4. The second-order valence-corrected chi connectivity index (χ2v) is 14.5. The van der Waals surface area contributed by atoms with Gasteiger partial charge in [-0.15, -0.1) is 0 Å². The second-order valence-electron chi connectivity index (χ2n) is 12.9. The van der Waals surface area contributed by atoms with Crippen LogP contribution < -0.4 is 4.83 Å². The van der Waals surface area contributed by atoms with Crippen molar-refractivity contribution in [3.05, 3.63) is 29.8 Å². The molecule has 1 unspecified atom stereocenters. The van der Waals surface area contributed by atoms with Gasteiger partial charge in [0, 0.05) is 11.6 Å². The quantitative estimate of drug-likeness (QED) is 0.516. The molecule has 0 heterocycles. The predicted molar refractivity (Wildman–Crippen MR) is 138 cm³/mol. The number of aryl methyl sites for hydroxylation is 1. The van der Waals surface area contributed by atoms with Gasteiger partial charge in [-0.1, -0.05) is 24.6 Å². The van der Waals surface area contributed by atoms with Gasteiger partial charge in [-0.25, -0.2) is 4.83 Å². The van der Waals surface area contributed by atoms with Crippen molar-refractivity contribution in [2.75, 3.05) is 0 Å². The molecule has 8 atom stereocenters. The summed E-state index contributed by atoms with van der Waals surface area (Å²) in [5, 5.41) is 14.9. The lowest BCUT2D eigenvalue weighted by Gasteiger charge is -2.62. The van der Waals surface area contributed by atoms with Crippen LogP contribution in [-0.4, -0.2) is 25.3 Å². The van der Waals surface area contributed by atoms with Gasteiger partial charge in [-0.05, 0) is 131 Å². The minimum atomic E-state index is -3.64. The molecule has 6 heteroatoms. The van der Waals surface area contributed by atoms with Crippen LogP contribution in [0.1, 0.15) is 89.5 Å². The van der Waals surface area contributed by atoms with Crippen LogP contribution in [0.25, 0.3) is 0 Å². The van der Waals surface area contributed by atoms with Crippen molar-refractivity contribution in [3.8, 4) is 0 Å². The third kappa shape index (κ3) is 3.80. The van der Waals surface area contributed by atoms with Crippen LogP contribution in [0.15, 0.2) is 34.3 Å². The summed E-state index contributed by atoms with van der Waals surface area (Å²) in [5.74, 6) is 3.48. The van der Waals surface area contributed by atoms with Crippen LogP contribution in [0.4, 0.5) is 0 Å². The average molecular weight is 499 g/mol. The first-order valence-corrected chi connectivity index (χ1v) is 15.5. The zero-order valence-corrected chi connectivity index (χ0v) is 22.2. The summed E-state index contributed by atoms with van der Waals surface area (Å²) in [4.78, 5) is 2.89. The molecule has 5 aliphatic rings. The number of nitrogens with zero attached hydrogens (tertiary/aromatic N) is 1. The fourth-order valence-electron chi connectivity index (χ4n) is 9.82. The molecular weight excluding hydrogens is 456 g/mol. The van der Waals surface area contributed by atoms with Crippen LogP contribution in [-0.2, 0) is 10.0 Å². The summed E-state index contributed by atoms with van der Waals surface area (Å²) in [7, 11) is -3.64. The van der Waals surface area contributed by atoms with E-state index in [-0.39, 0.29) is 11.0 Å². The number of hydrazone groups is 1. The molecule has 1 spiro atoms. The van der Waals surface area contributed by atoms with E-state index in [0.717, 1.165) is 61.1 Å². The van der Waals surface area contributed by atoms with E-state index in [0.29, 0.717) is 22.7 Å². The van der Waals surface area contributed by atoms with Crippen LogP contribution >= 0.6 is 0 Å². The highest BCUT2D eigenvalue weighted by atomic mass is 32.2. The van der Waals surface area contributed by atoms with E-state index in [2.05, 4.69) is 16.9 Å². The fraction of sp³-hybridized carbons (Fsp3) is 0.759. The van der Waals surface area contributed by atoms with Gasteiger partial charge >= 0.3 is 0 Å². The van der Waals surface area contributed by atoms with Gasteiger partial charge in [0.05, 0.1) is 11.0 Å². The largest absolute Gasteiger partial charge is 0.393 e. The molecule has 0 aromatic heterocycles. The summed E-state index contributed by atoms with van der Waals surface area (Å²) < 4.78 is 25.8. The highest BCUT2D eigenvalue weighted by Gasteiger charge is 2.62. The lowest BCUT2D eigenvalue weighted by Crippen LogP contribution is -2.55. The molecule has 1 aromatic carbocycles. The van der Waals surface area contributed by atoms with Crippen molar-refractivity contribution >= 4 is 15.7 Å². The van der Waals surface area contributed by atoms with Crippen molar-refractivity contribution < 1.29 is 13.5 Å². The first-order valence-electron chi connectivity index (χ1n) is 14.1. The van der Waals surface area contributed by atoms with E-state index in [1.54, 1.807) is 12.1 Å². The molecule has 2 N–H and O–H groups in total. The number of hydrogen-bond acceptors (Lipinski definition) is 4. The van der Waals surface area contributed by atoms with Gasteiger partial charge in [0.1, 0.15) is 0 Å². The molecule has 0 saturated heterocycles. The second kappa shape index (κ2) is 8.58. The van der Waals surface area contributed by atoms with Crippen molar-refractivity contribution in [2.45, 2.75) is 102 Å². The molecule has 5 aliphatic carbocycles. The van der Waals surface area contributed by atoms with E-state index in [4.69, 9.17) is 0 Å². The van der Waals surface area contributed by atoms with Crippen LogP contribution in [0, 0.1) is 47.3 Å². The monoisotopic (exact) mass is 498 g/mol. The molecule has 5 fully saturated rings. The molecule has 192 valence electrons. The number of hydrogen-bond donors (Lipinski definition) is 2. The van der Waals surface area contributed by atoms with Gasteiger partial charge in [0.25, 0.3) is 10.0 Å². The van der Waals surface area contributed by atoms with Crippen LogP contribution in [0.3, 0.4) is 0 Å². The maximum absolute atomic E-state index is 12.9. The van der Waals surface area contributed by atoms with E-state index >= 15 is 0 Å². The Balaban J connectivity index is 1.23. The van der Waals surface area contributed by atoms with Crippen molar-refractivity contribution in [1.29, 1.82) is 0 Å². The predicted octanol–water partition coefficient (Wildman–Crippen LogP) is 5.81. The molecule has 35 heavy (non-hydrogen) atoms. The van der Waals surface area contributed by atoms with Gasteiger partial charge in [-0.3, -0.25) is 0 Å². The zero-order valence-electron chi connectivity index (χ0n) is 21.4. The number of sulfonamides is 1. The SMILES string of the molecule is Cc1ccc(S(=O)(=O)N/N=C2\CCCC34CC[C@H]5[C@@H](CC[C@@H]6C[C@H](O)CC[C@@]65C)[C@@H]3CC[C@H]24)cc1. The molecule has 0 amide bonds. The van der Waals surface area contributed by atoms with Crippen LogP contribution in [0.2, 0.25) is 0 Å². The number of benzene rings is 1. The molecular formula is C29H42N2O3S. The topological polar surface area (TPSA) is 78.8 Å². The van der Waals surface area contributed by atoms with Gasteiger partial charge < -0.3 is 5.11 Å². The average Bonchev–Trinajstić information content (AvgIpc) is 3.24. The van der Waals surface area contributed by atoms with Gasteiger partial charge in [-0.2, -0.15) is 13.5 Å². The maximum atomic E-state index is 12.9. The Morgan fingerprint density at radius 1 is 0.971 bits per heavy atom. The summed E-state index contributed by atoms with van der Waals surface area (Å²) in [6.07, 6.45) is 14.1. The first-order chi connectivity index (χ1) is 16.7. The third-order valence-electron chi connectivity index (χ3n) is 11.5. The van der Waals surface area contributed by atoms with Crippen molar-refractivity contribution in [3.63, 3.8) is 0 Å². The van der Waals surface area contributed by atoms with Crippen molar-refractivity contribution in [1.82, 2.24) is 4.83 Å². The molecule has 1 aromatic rings. The number of rotatable bonds is 3. The summed E-state index contributed by atoms with van der Waals surface area (Å²) >= 11 is 0. The van der Waals surface area contributed by atoms with E-state index in [1.165, 1.54) is 44.9 Å². The Hall–Kier alpha value is -1.40. The lowest BCUT2D eigenvalue weighted by molar-refractivity contribution is -0.130. The Labute approximate surface area is 211 Å². The Bertz CT molecular complexity index is 1100. The van der Waals surface area contributed by atoms with E-state index < -0.39 is 10.0 Å². The Morgan fingerprint density at radius 3 is 2.57 bits per heavy atom. The van der Waals surface area contributed by atoms with E-state index in [1.807, 2.05) is 19.1 Å². The minimum absolute atomic E-state index is 0.0868. The third-order valence-corrected chi connectivity index (χ3v) is 12.7. The van der Waals surface area contributed by atoms with E-state index in [9.17, 15) is 13.5 Å². The van der Waals surface area contributed by atoms with Crippen LogP contribution in [0.5, 0.6) is 0 Å². The standard InChI is InChI=1S/C29H42N2O3S/c1-19-5-8-22(9-6-19)35(33,34)31-30-27-4-3-15-29-17-14-24-23(25(29)11-12-26(27)29)10-7-20-18-21(32)13-16-28(20,24)2/h5-6,8-9,20-21,23-26,31-32H,3-4,7,10-18H2,1-2H3/b30-27+/t20-,21-,23-,24+,25+,26-,28+,29?/m1/s1. The molecule has 0 aliphatic heterocycles. The molecule has 0 radical (unpaired) electrons.